The molecule has 2 heterocycles. The van der Waals surface area contributed by atoms with Gasteiger partial charge in [-0.2, -0.15) is 0 Å². The van der Waals surface area contributed by atoms with Crippen LogP contribution < -0.4 is 10.6 Å². The molecular formula is C13H22N4O. The van der Waals surface area contributed by atoms with Gasteiger partial charge in [0.25, 0.3) is 0 Å². The maximum atomic E-state index is 5.83. The van der Waals surface area contributed by atoms with Crippen LogP contribution in [0, 0.1) is 0 Å². The first-order valence-corrected chi connectivity index (χ1v) is 6.53. The molecule has 1 aliphatic rings. The van der Waals surface area contributed by atoms with Crippen molar-refractivity contribution < 1.29 is 4.74 Å². The van der Waals surface area contributed by atoms with Gasteiger partial charge in [-0.3, -0.25) is 0 Å². The van der Waals surface area contributed by atoms with Gasteiger partial charge >= 0.3 is 0 Å². The molecule has 100 valence electrons. The summed E-state index contributed by atoms with van der Waals surface area (Å²) in [6.07, 6.45) is 2.59. The largest absolute Gasteiger partial charge is 0.384 e. The Kier molecular flexibility index (Phi) is 4.01. The lowest BCUT2D eigenvalue weighted by molar-refractivity contribution is 0.116. The zero-order chi connectivity index (χ0) is 13.1. The second-order valence-corrected chi connectivity index (χ2v) is 5.18. The van der Waals surface area contributed by atoms with Crippen LogP contribution in [0.5, 0.6) is 0 Å². The summed E-state index contributed by atoms with van der Waals surface area (Å²) in [6.45, 7) is 5.87. The number of anilines is 2. The molecule has 0 amide bonds. The molecule has 5 nitrogen and oxygen atoms in total. The summed E-state index contributed by atoms with van der Waals surface area (Å²) in [7, 11) is 2.02. The lowest BCUT2D eigenvalue weighted by atomic mass is 10.2. The third-order valence-electron chi connectivity index (χ3n) is 3.16. The molecule has 1 fully saturated rings. The van der Waals surface area contributed by atoms with Gasteiger partial charge < -0.3 is 15.4 Å². The van der Waals surface area contributed by atoms with Crippen molar-refractivity contribution in [2.75, 3.05) is 30.8 Å². The standard InChI is InChI=1S/C13H22N4O/c1-9(2)13-15-11(14)7-12(16-13)17(3)8-10-5-4-6-18-10/h7,9-10H,4-6,8H2,1-3H3,(H2,14,15,16). The van der Waals surface area contributed by atoms with Crippen molar-refractivity contribution in [2.45, 2.75) is 38.7 Å². The Bertz CT molecular complexity index is 402. The first-order valence-electron chi connectivity index (χ1n) is 6.53. The van der Waals surface area contributed by atoms with Crippen LogP contribution in [0.1, 0.15) is 38.4 Å². The van der Waals surface area contributed by atoms with Crippen LogP contribution in [0.15, 0.2) is 6.07 Å². The number of aromatic nitrogens is 2. The fourth-order valence-electron chi connectivity index (χ4n) is 2.11. The van der Waals surface area contributed by atoms with Crippen LogP contribution in [0.2, 0.25) is 0 Å². The van der Waals surface area contributed by atoms with E-state index >= 15 is 0 Å². The molecule has 1 aromatic heterocycles. The van der Waals surface area contributed by atoms with Crippen molar-refractivity contribution in [3.05, 3.63) is 11.9 Å². The first kappa shape index (κ1) is 13.1. The molecule has 0 spiro atoms. The van der Waals surface area contributed by atoms with Crippen molar-refractivity contribution in [3.8, 4) is 0 Å². The predicted molar refractivity (Wildman–Crippen MR) is 72.8 cm³/mol. The number of nitrogens with two attached hydrogens (primary N) is 1. The Morgan fingerprint density at radius 1 is 1.50 bits per heavy atom. The topological polar surface area (TPSA) is 64.3 Å². The van der Waals surface area contributed by atoms with Gasteiger partial charge in [0.2, 0.25) is 0 Å². The van der Waals surface area contributed by atoms with Gasteiger partial charge in [0, 0.05) is 32.2 Å². The Labute approximate surface area is 108 Å². The molecule has 0 aromatic carbocycles. The van der Waals surface area contributed by atoms with Gasteiger partial charge in [-0.15, -0.1) is 0 Å². The fraction of sp³-hybridized carbons (Fsp3) is 0.692. The van der Waals surface area contributed by atoms with Crippen LogP contribution in [0.25, 0.3) is 0 Å². The summed E-state index contributed by atoms with van der Waals surface area (Å²) >= 11 is 0. The Morgan fingerprint density at radius 3 is 2.89 bits per heavy atom. The molecule has 0 radical (unpaired) electrons. The molecule has 0 aliphatic carbocycles. The summed E-state index contributed by atoms with van der Waals surface area (Å²) in [6, 6.07) is 1.82. The summed E-state index contributed by atoms with van der Waals surface area (Å²) < 4.78 is 5.64. The number of likely N-dealkylation sites (N-methyl/N-ethyl adjacent to an activating group) is 1. The van der Waals surface area contributed by atoms with E-state index in [0.717, 1.165) is 37.6 Å². The normalized spacial score (nSPS) is 19.4. The Balaban J connectivity index is 2.10. The quantitative estimate of drug-likeness (QED) is 0.882. The van der Waals surface area contributed by atoms with E-state index in [0.29, 0.717) is 11.9 Å². The number of nitrogen functional groups attached to an aromatic ring is 1. The molecule has 2 N–H and O–H groups in total. The van der Waals surface area contributed by atoms with Crippen molar-refractivity contribution in [1.82, 2.24) is 9.97 Å². The molecule has 1 atom stereocenters. The second-order valence-electron chi connectivity index (χ2n) is 5.18. The average Bonchev–Trinajstić information content (AvgIpc) is 2.80. The molecule has 5 heteroatoms. The maximum Gasteiger partial charge on any atom is 0.135 e. The third kappa shape index (κ3) is 3.10. The number of nitrogens with zero attached hydrogens (tertiary/aromatic N) is 3. The van der Waals surface area contributed by atoms with Crippen LogP contribution >= 0.6 is 0 Å². The van der Waals surface area contributed by atoms with Crippen molar-refractivity contribution >= 4 is 11.6 Å². The zero-order valence-electron chi connectivity index (χ0n) is 11.4. The minimum Gasteiger partial charge on any atom is -0.384 e. The smallest absolute Gasteiger partial charge is 0.135 e. The molecule has 18 heavy (non-hydrogen) atoms. The lowest BCUT2D eigenvalue weighted by Crippen LogP contribution is -2.29. The van der Waals surface area contributed by atoms with Crippen LogP contribution in [-0.4, -0.2) is 36.3 Å². The third-order valence-corrected chi connectivity index (χ3v) is 3.16. The van der Waals surface area contributed by atoms with Gasteiger partial charge in [0.05, 0.1) is 6.10 Å². The number of hydrogen-bond acceptors (Lipinski definition) is 5. The van der Waals surface area contributed by atoms with E-state index in [1.165, 1.54) is 0 Å². The monoisotopic (exact) mass is 250 g/mol. The minimum absolute atomic E-state index is 0.281. The highest BCUT2D eigenvalue weighted by molar-refractivity contribution is 5.46. The highest BCUT2D eigenvalue weighted by Crippen LogP contribution is 2.20. The van der Waals surface area contributed by atoms with Crippen LogP contribution in [0.3, 0.4) is 0 Å². The van der Waals surface area contributed by atoms with Crippen molar-refractivity contribution in [1.29, 1.82) is 0 Å². The number of rotatable bonds is 4. The molecule has 0 saturated carbocycles. The van der Waals surface area contributed by atoms with E-state index in [-0.39, 0.29) is 5.92 Å². The summed E-state index contributed by atoms with van der Waals surface area (Å²) in [5.74, 6) is 2.48. The fourth-order valence-corrected chi connectivity index (χ4v) is 2.11. The number of ether oxygens (including phenoxy) is 1. The summed E-state index contributed by atoms with van der Waals surface area (Å²) in [5.41, 5.74) is 5.83. The summed E-state index contributed by atoms with van der Waals surface area (Å²) in [5, 5.41) is 0. The molecule has 2 rings (SSSR count). The average molecular weight is 250 g/mol. The van der Waals surface area contributed by atoms with Crippen LogP contribution in [-0.2, 0) is 4.74 Å². The molecule has 1 unspecified atom stereocenters. The Morgan fingerprint density at radius 2 is 2.28 bits per heavy atom. The molecule has 1 saturated heterocycles. The number of hydrogen-bond donors (Lipinski definition) is 1. The molecule has 1 aromatic rings. The highest BCUT2D eigenvalue weighted by Gasteiger charge is 2.19. The van der Waals surface area contributed by atoms with E-state index < -0.39 is 0 Å². The highest BCUT2D eigenvalue weighted by atomic mass is 16.5. The van der Waals surface area contributed by atoms with E-state index in [1.807, 2.05) is 13.1 Å². The van der Waals surface area contributed by atoms with Gasteiger partial charge in [0.1, 0.15) is 17.5 Å². The van der Waals surface area contributed by atoms with Crippen LogP contribution in [0.4, 0.5) is 11.6 Å². The van der Waals surface area contributed by atoms with Gasteiger partial charge in [-0.05, 0) is 12.8 Å². The second kappa shape index (κ2) is 5.52. The van der Waals surface area contributed by atoms with E-state index in [4.69, 9.17) is 10.5 Å². The first-order chi connectivity index (χ1) is 8.56. The minimum atomic E-state index is 0.281. The van der Waals surface area contributed by atoms with Gasteiger partial charge in [-0.25, -0.2) is 9.97 Å². The van der Waals surface area contributed by atoms with E-state index in [2.05, 4.69) is 28.7 Å². The predicted octanol–water partition coefficient (Wildman–Crippen LogP) is 1.80. The summed E-state index contributed by atoms with van der Waals surface area (Å²) in [4.78, 5) is 10.9. The molecule has 1 aliphatic heterocycles. The van der Waals surface area contributed by atoms with Gasteiger partial charge in [0.15, 0.2) is 0 Å². The molecule has 0 bridgehead atoms. The maximum absolute atomic E-state index is 5.83. The van der Waals surface area contributed by atoms with E-state index in [1.54, 1.807) is 0 Å². The van der Waals surface area contributed by atoms with Gasteiger partial charge in [-0.1, -0.05) is 13.8 Å². The SMILES string of the molecule is CC(C)c1nc(N)cc(N(C)CC2CCCO2)n1. The van der Waals surface area contributed by atoms with E-state index in [9.17, 15) is 0 Å². The zero-order valence-corrected chi connectivity index (χ0v) is 11.4. The molecular weight excluding hydrogens is 228 g/mol. The Hall–Kier alpha value is -1.36. The van der Waals surface area contributed by atoms with Crippen molar-refractivity contribution in [3.63, 3.8) is 0 Å². The lowest BCUT2D eigenvalue weighted by Gasteiger charge is -2.22. The van der Waals surface area contributed by atoms with Crippen molar-refractivity contribution in [2.24, 2.45) is 0 Å².